The molecule has 0 saturated heterocycles. The molecule has 3 aromatic rings. The first kappa shape index (κ1) is 16.1. The van der Waals surface area contributed by atoms with E-state index in [0.29, 0.717) is 28.4 Å². The zero-order chi connectivity index (χ0) is 16.9. The third kappa shape index (κ3) is 3.97. The average Bonchev–Trinajstić information content (AvgIpc) is 2.55. The smallest absolute Gasteiger partial charge is 0.232 e. The van der Waals surface area contributed by atoms with Gasteiger partial charge in [0, 0.05) is 17.9 Å². The minimum absolute atomic E-state index is 0.184. The largest absolute Gasteiger partial charge is 0.352 e. The van der Waals surface area contributed by atoms with Crippen LogP contribution >= 0.6 is 11.6 Å². The Labute approximate surface area is 145 Å². The van der Waals surface area contributed by atoms with Gasteiger partial charge in [0.1, 0.15) is 5.69 Å². The normalized spacial score (nSPS) is 10.7. The monoisotopic (exact) mass is 340 g/mol. The maximum Gasteiger partial charge on any atom is 0.232 e. The molecule has 2 aromatic heterocycles. The molecule has 0 saturated carbocycles. The van der Waals surface area contributed by atoms with Crippen molar-refractivity contribution in [3.63, 3.8) is 0 Å². The number of rotatable bonds is 5. The van der Waals surface area contributed by atoms with Gasteiger partial charge in [0.05, 0.1) is 5.02 Å². The van der Waals surface area contributed by atoms with Crippen LogP contribution in [0.4, 0.5) is 17.6 Å². The zero-order valence-corrected chi connectivity index (χ0v) is 14.1. The van der Waals surface area contributed by atoms with Crippen LogP contribution in [0, 0.1) is 0 Å². The van der Waals surface area contributed by atoms with Crippen LogP contribution in [0.5, 0.6) is 0 Å². The summed E-state index contributed by atoms with van der Waals surface area (Å²) in [5.74, 6) is 1.31. The number of hydrogen-bond donors (Lipinski definition) is 2. The van der Waals surface area contributed by atoms with Gasteiger partial charge in [0.2, 0.25) is 11.9 Å². The molecule has 0 aliphatic carbocycles. The second-order valence-electron chi connectivity index (χ2n) is 5.43. The average molecular weight is 341 g/mol. The molecular weight excluding hydrogens is 324 g/mol. The molecular formula is C17H17ClN6. The summed E-state index contributed by atoms with van der Waals surface area (Å²) in [6.45, 7) is 4.03. The minimum Gasteiger partial charge on any atom is -0.352 e. The fraction of sp³-hybridized carbons (Fsp3) is 0.176. The molecule has 0 radical (unpaired) electrons. The molecule has 0 bridgehead atoms. The van der Waals surface area contributed by atoms with Crippen molar-refractivity contribution in [1.82, 2.24) is 19.9 Å². The molecule has 1 aromatic carbocycles. The van der Waals surface area contributed by atoms with E-state index in [4.69, 9.17) is 11.6 Å². The van der Waals surface area contributed by atoms with Crippen LogP contribution in [0.3, 0.4) is 0 Å². The quantitative estimate of drug-likeness (QED) is 0.726. The predicted molar refractivity (Wildman–Crippen MR) is 96.6 cm³/mol. The van der Waals surface area contributed by atoms with Gasteiger partial charge in [-0.2, -0.15) is 15.0 Å². The van der Waals surface area contributed by atoms with Crippen LogP contribution < -0.4 is 10.6 Å². The minimum atomic E-state index is 0.184. The highest BCUT2D eigenvalue weighted by atomic mass is 35.5. The van der Waals surface area contributed by atoms with Gasteiger partial charge < -0.3 is 10.6 Å². The van der Waals surface area contributed by atoms with Crippen molar-refractivity contribution < 1.29 is 0 Å². The van der Waals surface area contributed by atoms with Crippen LogP contribution in [0.25, 0.3) is 11.5 Å². The highest BCUT2D eigenvalue weighted by molar-refractivity contribution is 6.32. The van der Waals surface area contributed by atoms with E-state index in [1.165, 1.54) is 0 Å². The van der Waals surface area contributed by atoms with Crippen molar-refractivity contribution in [2.45, 2.75) is 19.9 Å². The molecule has 6 nitrogen and oxygen atoms in total. The Balaban J connectivity index is 2.02. The Kier molecular flexibility index (Phi) is 4.86. The molecule has 0 fully saturated rings. The lowest BCUT2D eigenvalue weighted by Crippen LogP contribution is -2.14. The van der Waals surface area contributed by atoms with Gasteiger partial charge in [-0.1, -0.05) is 29.8 Å². The summed E-state index contributed by atoms with van der Waals surface area (Å²) < 4.78 is 0. The lowest BCUT2D eigenvalue weighted by molar-refractivity contribution is 0.869. The Morgan fingerprint density at radius 3 is 2.38 bits per heavy atom. The summed E-state index contributed by atoms with van der Waals surface area (Å²) in [5.41, 5.74) is 1.40. The summed E-state index contributed by atoms with van der Waals surface area (Å²) in [5, 5.41) is 6.85. The van der Waals surface area contributed by atoms with E-state index in [9.17, 15) is 0 Å². The van der Waals surface area contributed by atoms with Crippen molar-refractivity contribution in [1.29, 1.82) is 0 Å². The fourth-order valence-electron chi connectivity index (χ4n) is 2.06. The SMILES string of the molecule is CC(C)Nc1nc(Nc2ccccc2)nc(-c2ncccc2Cl)n1. The van der Waals surface area contributed by atoms with E-state index in [2.05, 4.69) is 30.6 Å². The molecule has 0 unspecified atom stereocenters. The van der Waals surface area contributed by atoms with E-state index in [0.717, 1.165) is 5.69 Å². The second kappa shape index (κ2) is 7.23. The third-order valence-electron chi connectivity index (χ3n) is 3.05. The van der Waals surface area contributed by atoms with Crippen molar-refractivity contribution in [2.75, 3.05) is 10.6 Å². The van der Waals surface area contributed by atoms with E-state index < -0.39 is 0 Å². The summed E-state index contributed by atoms with van der Waals surface area (Å²) in [6, 6.07) is 13.4. The van der Waals surface area contributed by atoms with E-state index in [-0.39, 0.29) is 6.04 Å². The van der Waals surface area contributed by atoms with Crippen molar-refractivity contribution in [3.8, 4) is 11.5 Å². The van der Waals surface area contributed by atoms with Gasteiger partial charge in [0.25, 0.3) is 0 Å². The van der Waals surface area contributed by atoms with Gasteiger partial charge in [-0.25, -0.2) is 0 Å². The summed E-state index contributed by atoms with van der Waals surface area (Å²) in [7, 11) is 0. The van der Waals surface area contributed by atoms with Gasteiger partial charge in [0.15, 0.2) is 5.82 Å². The highest BCUT2D eigenvalue weighted by Crippen LogP contribution is 2.24. The topological polar surface area (TPSA) is 75.6 Å². The number of anilines is 3. The Bertz CT molecular complexity index is 822. The molecule has 122 valence electrons. The first-order valence-corrected chi connectivity index (χ1v) is 7.95. The molecule has 2 heterocycles. The van der Waals surface area contributed by atoms with E-state index >= 15 is 0 Å². The lowest BCUT2D eigenvalue weighted by atomic mass is 10.3. The van der Waals surface area contributed by atoms with Gasteiger partial charge in [-0.15, -0.1) is 0 Å². The number of aromatic nitrogens is 4. The summed E-state index contributed by atoms with van der Waals surface area (Å²) >= 11 is 6.23. The van der Waals surface area contributed by atoms with E-state index in [1.54, 1.807) is 18.3 Å². The summed E-state index contributed by atoms with van der Waals surface area (Å²) in [6.07, 6.45) is 1.66. The number of nitrogens with one attached hydrogen (secondary N) is 2. The van der Waals surface area contributed by atoms with Gasteiger partial charge in [-0.3, -0.25) is 4.98 Å². The number of pyridine rings is 1. The molecule has 0 atom stereocenters. The van der Waals surface area contributed by atoms with Crippen molar-refractivity contribution >= 4 is 29.2 Å². The molecule has 24 heavy (non-hydrogen) atoms. The predicted octanol–water partition coefficient (Wildman–Crippen LogP) is 4.15. The fourth-order valence-corrected chi connectivity index (χ4v) is 2.27. The summed E-state index contributed by atoms with van der Waals surface area (Å²) in [4.78, 5) is 17.6. The zero-order valence-electron chi connectivity index (χ0n) is 13.4. The number of hydrogen-bond acceptors (Lipinski definition) is 6. The van der Waals surface area contributed by atoms with Crippen LogP contribution in [0.15, 0.2) is 48.7 Å². The molecule has 0 aliphatic heterocycles. The Hall–Kier alpha value is -2.73. The molecule has 7 heteroatoms. The number of para-hydroxylation sites is 1. The van der Waals surface area contributed by atoms with Crippen LogP contribution in [0.2, 0.25) is 5.02 Å². The van der Waals surface area contributed by atoms with Crippen LogP contribution in [-0.4, -0.2) is 26.0 Å². The second-order valence-corrected chi connectivity index (χ2v) is 5.84. The van der Waals surface area contributed by atoms with Crippen molar-refractivity contribution in [3.05, 3.63) is 53.7 Å². The number of halogens is 1. The number of benzene rings is 1. The first-order valence-electron chi connectivity index (χ1n) is 7.57. The third-order valence-corrected chi connectivity index (χ3v) is 3.36. The van der Waals surface area contributed by atoms with Crippen LogP contribution in [-0.2, 0) is 0 Å². The Morgan fingerprint density at radius 1 is 0.917 bits per heavy atom. The van der Waals surface area contributed by atoms with Crippen LogP contribution in [0.1, 0.15) is 13.8 Å². The van der Waals surface area contributed by atoms with E-state index in [1.807, 2.05) is 44.2 Å². The lowest BCUT2D eigenvalue weighted by Gasteiger charge is -2.12. The van der Waals surface area contributed by atoms with Crippen molar-refractivity contribution in [2.24, 2.45) is 0 Å². The standard InChI is InChI=1S/C17H17ClN6/c1-11(2)20-16-22-15(14-13(18)9-6-10-19-14)23-17(24-16)21-12-7-4-3-5-8-12/h3-11H,1-2H3,(H2,20,21,22,23,24). The molecule has 0 aliphatic rings. The highest BCUT2D eigenvalue weighted by Gasteiger charge is 2.13. The van der Waals surface area contributed by atoms with Gasteiger partial charge >= 0.3 is 0 Å². The number of nitrogens with zero attached hydrogens (tertiary/aromatic N) is 4. The molecule has 2 N–H and O–H groups in total. The Morgan fingerprint density at radius 2 is 1.67 bits per heavy atom. The maximum absolute atomic E-state index is 6.23. The maximum atomic E-state index is 6.23. The molecule has 0 amide bonds. The molecule has 3 rings (SSSR count). The first-order chi connectivity index (χ1) is 11.6. The van der Waals surface area contributed by atoms with Gasteiger partial charge in [-0.05, 0) is 38.1 Å². The molecule has 0 spiro atoms.